The molecule has 0 aromatic heterocycles. The van der Waals surface area contributed by atoms with E-state index in [4.69, 9.17) is 21.4 Å². The molecule has 0 aliphatic carbocycles. The first-order chi connectivity index (χ1) is 15.4. The second-order valence-electron chi connectivity index (χ2n) is 7.18. The van der Waals surface area contributed by atoms with Gasteiger partial charge in [0.25, 0.3) is 5.91 Å². The van der Waals surface area contributed by atoms with Crippen LogP contribution in [-0.2, 0) is 11.4 Å². The number of anilines is 1. The molecule has 7 heteroatoms. The van der Waals surface area contributed by atoms with Crippen LogP contribution in [0.5, 0.6) is 5.75 Å². The van der Waals surface area contributed by atoms with E-state index in [0.717, 1.165) is 11.1 Å². The Labute approximate surface area is 190 Å². The SMILES string of the molecule is CC1=NN(c2ccccc2)C(=O)/C1=C/c1ccc(OCc2ccc(C(=O)O)cc2)c(Cl)c1. The molecular formula is C25H19ClN2O4. The van der Waals surface area contributed by atoms with Crippen molar-refractivity contribution in [1.29, 1.82) is 0 Å². The van der Waals surface area contributed by atoms with Gasteiger partial charge in [0, 0.05) is 0 Å². The minimum Gasteiger partial charge on any atom is -0.487 e. The number of hydrazone groups is 1. The van der Waals surface area contributed by atoms with E-state index in [1.807, 2.05) is 36.4 Å². The van der Waals surface area contributed by atoms with Crippen LogP contribution in [0.4, 0.5) is 5.69 Å². The van der Waals surface area contributed by atoms with Crippen molar-refractivity contribution < 1.29 is 19.4 Å². The third-order valence-corrected chi connectivity index (χ3v) is 5.22. The van der Waals surface area contributed by atoms with Crippen molar-refractivity contribution in [1.82, 2.24) is 0 Å². The van der Waals surface area contributed by atoms with Crippen LogP contribution in [0.15, 0.2) is 83.5 Å². The maximum Gasteiger partial charge on any atom is 0.335 e. The molecule has 3 aromatic rings. The zero-order valence-corrected chi connectivity index (χ0v) is 17.9. The largest absolute Gasteiger partial charge is 0.487 e. The number of carbonyl (C=O) groups is 2. The molecule has 0 atom stereocenters. The van der Waals surface area contributed by atoms with Crippen LogP contribution in [0.3, 0.4) is 0 Å². The maximum atomic E-state index is 12.8. The molecule has 0 radical (unpaired) electrons. The van der Waals surface area contributed by atoms with Gasteiger partial charge in [0.1, 0.15) is 12.4 Å². The zero-order chi connectivity index (χ0) is 22.7. The monoisotopic (exact) mass is 446 g/mol. The Balaban J connectivity index is 1.47. The molecule has 0 unspecified atom stereocenters. The summed E-state index contributed by atoms with van der Waals surface area (Å²) >= 11 is 6.39. The van der Waals surface area contributed by atoms with Gasteiger partial charge in [-0.1, -0.05) is 48.0 Å². The van der Waals surface area contributed by atoms with Crippen LogP contribution in [0.2, 0.25) is 5.02 Å². The van der Waals surface area contributed by atoms with Crippen LogP contribution in [-0.4, -0.2) is 22.7 Å². The van der Waals surface area contributed by atoms with E-state index in [2.05, 4.69) is 5.10 Å². The second-order valence-corrected chi connectivity index (χ2v) is 7.58. The van der Waals surface area contributed by atoms with Crippen molar-refractivity contribution in [2.45, 2.75) is 13.5 Å². The molecule has 1 aliphatic rings. The van der Waals surface area contributed by atoms with E-state index in [0.29, 0.717) is 27.7 Å². The van der Waals surface area contributed by atoms with Gasteiger partial charge in [-0.3, -0.25) is 4.79 Å². The van der Waals surface area contributed by atoms with Gasteiger partial charge in [0.15, 0.2) is 0 Å². The maximum absolute atomic E-state index is 12.8. The minimum absolute atomic E-state index is 0.199. The summed E-state index contributed by atoms with van der Waals surface area (Å²) in [5.41, 5.74) is 3.62. The Morgan fingerprint density at radius 1 is 1.09 bits per heavy atom. The van der Waals surface area contributed by atoms with Gasteiger partial charge >= 0.3 is 5.97 Å². The summed E-state index contributed by atoms with van der Waals surface area (Å²) in [5, 5.41) is 15.1. The van der Waals surface area contributed by atoms with Gasteiger partial charge in [-0.2, -0.15) is 10.1 Å². The third-order valence-electron chi connectivity index (χ3n) is 4.93. The van der Waals surface area contributed by atoms with E-state index in [9.17, 15) is 9.59 Å². The number of carboxylic acids is 1. The summed E-state index contributed by atoms with van der Waals surface area (Å²) in [5.74, 6) is -0.682. The molecule has 1 N–H and O–H groups in total. The fraction of sp³-hybridized carbons (Fsp3) is 0.0800. The molecule has 1 amide bonds. The van der Waals surface area contributed by atoms with Gasteiger partial charge in [0.05, 0.1) is 27.6 Å². The highest BCUT2D eigenvalue weighted by Gasteiger charge is 2.28. The standard InChI is InChI=1S/C25H19ClN2O4/c1-16-21(24(29)28(27-16)20-5-3-2-4-6-20)13-18-9-12-23(22(26)14-18)32-15-17-7-10-19(11-8-17)25(30)31/h2-14H,15H2,1H3,(H,30,31)/b21-13+. The number of aromatic carboxylic acids is 1. The third kappa shape index (κ3) is 4.55. The topological polar surface area (TPSA) is 79.2 Å². The molecule has 32 heavy (non-hydrogen) atoms. The van der Waals surface area contributed by atoms with Gasteiger partial charge in [-0.25, -0.2) is 4.79 Å². The number of hydrogen-bond donors (Lipinski definition) is 1. The molecule has 0 saturated carbocycles. The molecular weight excluding hydrogens is 428 g/mol. The Morgan fingerprint density at radius 2 is 1.81 bits per heavy atom. The second kappa shape index (κ2) is 9.08. The number of rotatable bonds is 6. The van der Waals surface area contributed by atoms with Crippen molar-refractivity contribution in [3.8, 4) is 5.75 Å². The number of halogens is 1. The van der Waals surface area contributed by atoms with Crippen LogP contribution in [0, 0.1) is 0 Å². The number of nitrogens with zero attached hydrogens (tertiary/aromatic N) is 2. The molecule has 0 saturated heterocycles. The van der Waals surface area contributed by atoms with Gasteiger partial charge in [0.2, 0.25) is 0 Å². The molecule has 0 spiro atoms. The Hall–Kier alpha value is -3.90. The summed E-state index contributed by atoms with van der Waals surface area (Å²) < 4.78 is 5.77. The minimum atomic E-state index is -0.974. The predicted molar refractivity (Wildman–Crippen MR) is 124 cm³/mol. The highest BCUT2D eigenvalue weighted by atomic mass is 35.5. The quantitative estimate of drug-likeness (QED) is 0.512. The summed E-state index contributed by atoms with van der Waals surface area (Å²) in [7, 11) is 0. The van der Waals surface area contributed by atoms with E-state index >= 15 is 0 Å². The zero-order valence-electron chi connectivity index (χ0n) is 17.2. The lowest BCUT2D eigenvalue weighted by Crippen LogP contribution is -2.21. The number of amides is 1. The van der Waals surface area contributed by atoms with Crippen molar-refractivity contribution in [3.05, 3.63) is 100 Å². The number of carboxylic acid groups (broad SMARTS) is 1. The van der Waals surface area contributed by atoms with E-state index in [1.165, 1.54) is 17.1 Å². The molecule has 0 bridgehead atoms. The molecule has 1 aliphatic heterocycles. The Bertz CT molecular complexity index is 1230. The van der Waals surface area contributed by atoms with Crippen molar-refractivity contribution in [2.75, 3.05) is 5.01 Å². The lowest BCUT2D eigenvalue weighted by molar-refractivity contribution is -0.114. The van der Waals surface area contributed by atoms with Gasteiger partial charge in [-0.15, -0.1) is 0 Å². The lowest BCUT2D eigenvalue weighted by atomic mass is 10.1. The highest BCUT2D eigenvalue weighted by Crippen LogP contribution is 2.29. The summed E-state index contributed by atoms with van der Waals surface area (Å²) in [6.45, 7) is 2.04. The Kier molecular flexibility index (Phi) is 6.05. The Morgan fingerprint density at radius 3 is 2.47 bits per heavy atom. The van der Waals surface area contributed by atoms with Crippen molar-refractivity contribution in [2.24, 2.45) is 5.10 Å². The molecule has 0 fully saturated rings. The smallest absolute Gasteiger partial charge is 0.335 e. The molecule has 4 rings (SSSR count). The average molecular weight is 447 g/mol. The van der Waals surface area contributed by atoms with Crippen molar-refractivity contribution >= 4 is 41.0 Å². The van der Waals surface area contributed by atoms with E-state index in [1.54, 1.807) is 37.3 Å². The lowest BCUT2D eigenvalue weighted by Gasteiger charge is -2.11. The highest BCUT2D eigenvalue weighted by molar-refractivity contribution is 6.33. The summed E-state index contributed by atoms with van der Waals surface area (Å²) in [4.78, 5) is 23.8. The number of carbonyl (C=O) groups excluding carboxylic acids is 1. The molecule has 6 nitrogen and oxygen atoms in total. The van der Waals surface area contributed by atoms with E-state index in [-0.39, 0.29) is 18.1 Å². The van der Waals surface area contributed by atoms with Crippen LogP contribution in [0.1, 0.15) is 28.4 Å². The van der Waals surface area contributed by atoms with Crippen LogP contribution >= 0.6 is 11.6 Å². The summed E-state index contributed by atoms with van der Waals surface area (Å²) in [6.07, 6.45) is 1.75. The first kappa shape index (κ1) is 21.3. The van der Waals surface area contributed by atoms with Gasteiger partial charge in [-0.05, 0) is 60.5 Å². The fourth-order valence-electron chi connectivity index (χ4n) is 3.22. The molecule has 160 valence electrons. The number of para-hydroxylation sites is 1. The molecule has 1 heterocycles. The summed E-state index contributed by atoms with van der Waals surface area (Å²) in [6, 6.07) is 21.0. The normalized spacial score (nSPS) is 14.6. The number of hydrogen-bond acceptors (Lipinski definition) is 4. The van der Waals surface area contributed by atoms with Crippen molar-refractivity contribution in [3.63, 3.8) is 0 Å². The first-order valence-electron chi connectivity index (χ1n) is 9.84. The molecule has 3 aromatic carbocycles. The average Bonchev–Trinajstić information content (AvgIpc) is 3.07. The van der Waals surface area contributed by atoms with Crippen LogP contribution < -0.4 is 9.75 Å². The predicted octanol–water partition coefficient (Wildman–Crippen LogP) is 5.42. The van der Waals surface area contributed by atoms with E-state index < -0.39 is 5.97 Å². The fourth-order valence-corrected chi connectivity index (χ4v) is 3.47. The number of ether oxygens (including phenoxy) is 1. The van der Waals surface area contributed by atoms with Crippen LogP contribution in [0.25, 0.3) is 6.08 Å². The van der Waals surface area contributed by atoms with Gasteiger partial charge < -0.3 is 9.84 Å². The first-order valence-corrected chi connectivity index (χ1v) is 10.2. The number of benzene rings is 3.